The van der Waals surface area contributed by atoms with Crippen molar-refractivity contribution in [1.82, 2.24) is 25.2 Å². The number of pyridine rings is 1. The Labute approximate surface area is 142 Å². The highest BCUT2D eigenvalue weighted by Crippen LogP contribution is 2.40. The number of hydrazine groups is 1. The lowest BCUT2D eigenvalue weighted by Crippen LogP contribution is -2.47. The van der Waals surface area contributed by atoms with Gasteiger partial charge in [-0.1, -0.05) is 6.92 Å². The van der Waals surface area contributed by atoms with Gasteiger partial charge in [-0.2, -0.15) is 5.10 Å². The smallest absolute Gasteiger partial charge is 0.268 e. The van der Waals surface area contributed by atoms with Crippen molar-refractivity contribution in [2.45, 2.75) is 57.9 Å². The van der Waals surface area contributed by atoms with Crippen molar-refractivity contribution in [3.05, 3.63) is 23.5 Å². The summed E-state index contributed by atoms with van der Waals surface area (Å²) in [5.74, 6) is 0.559. The number of nitrogens with one attached hydrogen (secondary N) is 1. The molecular weight excluding hydrogens is 302 g/mol. The van der Waals surface area contributed by atoms with Crippen molar-refractivity contribution in [3.63, 3.8) is 0 Å². The number of hydrogen-bond donors (Lipinski definition) is 1. The number of hydrogen-bond acceptors (Lipinski definition) is 4. The van der Waals surface area contributed by atoms with Gasteiger partial charge >= 0.3 is 0 Å². The number of nitrogens with zero attached hydrogens (tertiary/aromatic N) is 4. The van der Waals surface area contributed by atoms with Gasteiger partial charge in [0, 0.05) is 24.7 Å². The van der Waals surface area contributed by atoms with E-state index >= 15 is 0 Å². The molecule has 1 aliphatic carbocycles. The average Bonchev–Trinajstić information content (AvgIpc) is 3.40. The van der Waals surface area contributed by atoms with E-state index in [4.69, 9.17) is 4.98 Å². The molecule has 6 heteroatoms. The third kappa shape index (κ3) is 2.69. The van der Waals surface area contributed by atoms with E-state index in [1.54, 1.807) is 5.01 Å². The largest absolute Gasteiger partial charge is 0.274 e. The molecular formula is C18H25N5O. The molecule has 24 heavy (non-hydrogen) atoms. The molecule has 4 rings (SSSR count). The molecule has 1 saturated carbocycles. The van der Waals surface area contributed by atoms with Gasteiger partial charge in [0.15, 0.2) is 5.65 Å². The Hall–Kier alpha value is -1.95. The highest BCUT2D eigenvalue weighted by Gasteiger charge is 2.29. The molecule has 0 aromatic carbocycles. The van der Waals surface area contributed by atoms with Crippen LogP contribution in [0.5, 0.6) is 0 Å². The van der Waals surface area contributed by atoms with Crippen LogP contribution in [-0.2, 0) is 0 Å². The lowest BCUT2D eigenvalue weighted by molar-refractivity contribution is 0.0612. The normalized spacial score (nSPS) is 19.7. The van der Waals surface area contributed by atoms with Crippen molar-refractivity contribution in [2.75, 3.05) is 13.1 Å². The number of carbonyl (C=O) groups excluding carboxylic acids is 1. The molecule has 2 fully saturated rings. The highest BCUT2D eigenvalue weighted by molar-refractivity contribution is 6.05. The lowest BCUT2D eigenvalue weighted by atomic mass is 10.1. The van der Waals surface area contributed by atoms with E-state index in [1.165, 1.54) is 12.8 Å². The topological polar surface area (TPSA) is 63.1 Å². The highest BCUT2D eigenvalue weighted by atomic mass is 16.2. The molecule has 0 radical (unpaired) electrons. The summed E-state index contributed by atoms with van der Waals surface area (Å²) in [6.45, 7) is 5.92. The van der Waals surface area contributed by atoms with Gasteiger partial charge < -0.3 is 0 Å². The summed E-state index contributed by atoms with van der Waals surface area (Å²) in [6.07, 6.45) is 7.31. The summed E-state index contributed by atoms with van der Waals surface area (Å²) in [6, 6.07) is 2.28. The summed E-state index contributed by atoms with van der Waals surface area (Å²) in [5.41, 5.74) is 5.87. The Balaban J connectivity index is 1.81. The van der Waals surface area contributed by atoms with E-state index in [1.807, 2.05) is 16.9 Å². The summed E-state index contributed by atoms with van der Waals surface area (Å²) >= 11 is 0. The summed E-state index contributed by atoms with van der Waals surface area (Å²) in [5, 5.41) is 7.17. The van der Waals surface area contributed by atoms with E-state index in [-0.39, 0.29) is 11.9 Å². The second-order valence-electron chi connectivity index (χ2n) is 7.02. The predicted octanol–water partition coefficient (Wildman–Crippen LogP) is 3.02. The molecule has 1 unspecified atom stereocenters. The monoisotopic (exact) mass is 327 g/mol. The minimum atomic E-state index is 0.0488. The van der Waals surface area contributed by atoms with Gasteiger partial charge in [-0.25, -0.2) is 15.1 Å². The van der Waals surface area contributed by atoms with E-state index < -0.39 is 0 Å². The molecule has 1 aliphatic heterocycles. The molecule has 0 spiro atoms. The van der Waals surface area contributed by atoms with Crippen molar-refractivity contribution >= 4 is 16.9 Å². The molecule has 2 aliphatic rings. The molecule has 1 saturated heterocycles. The molecule has 2 aromatic rings. The van der Waals surface area contributed by atoms with E-state index in [0.717, 1.165) is 54.6 Å². The average molecular weight is 327 g/mol. The maximum absolute atomic E-state index is 13.1. The molecule has 1 atom stereocenters. The Bertz CT molecular complexity index is 758. The van der Waals surface area contributed by atoms with Crippen molar-refractivity contribution < 1.29 is 4.79 Å². The van der Waals surface area contributed by atoms with Crippen molar-refractivity contribution in [3.8, 4) is 0 Å². The first-order valence-electron chi connectivity index (χ1n) is 9.12. The Morgan fingerprint density at radius 3 is 2.92 bits per heavy atom. The van der Waals surface area contributed by atoms with Crippen LogP contribution in [0, 0.1) is 0 Å². The fourth-order valence-electron chi connectivity index (χ4n) is 3.30. The number of rotatable bonds is 4. The summed E-state index contributed by atoms with van der Waals surface area (Å²) < 4.78 is 1.97. The quantitative estimate of drug-likeness (QED) is 0.937. The Morgan fingerprint density at radius 2 is 2.25 bits per heavy atom. The van der Waals surface area contributed by atoms with Crippen LogP contribution in [0.25, 0.3) is 11.0 Å². The van der Waals surface area contributed by atoms with Crippen molar-refractivity contribution in [2.24, 2.45) is 0 Å². The summed E-state index contributed by atoms with van der Waals surface area (Å²) in [4.78, 5) is 17.9. The SMILES string of the molecule is CCC(C)n1ncc2c(C(=O)N3CCCCN3)cc(C3CC3)nc21. The minimum absolute atomic E-state index is 0.0488. The zero-order chi connectivity index (χ0) is 16.7. The fourth-order valence-corrected chi connectivity index (χ4v) is 3.30. The first kappa shape index (κ1) is 15.6. The van der Waals surface area contributed by atoms with Crippen LogP contribution in [-0.4, -0.2) is 38.8 Å². The molecule has 1 amide bonds. The van der Waals surface area contributed by atoms with Crippen molar-refractivity contribution in [1.29, 1.82) is 0 Å². The second kappa shape index (κ2) is 6.16. The zero-order valence-corrected chi connectivity index (χ0v) is 14.5. The Kier molecular flexibility index (Phi) is 4.00. The van der Waals surface area contributed by atoms with Crippen LogP contribution in [0.2, 0.25) is 0 Å². The number of carbonyl (C=O) groups is 1. The van der Waals surface area contributed by atoms with Gasteiger partial charge in [0.2, 0.25) is 0 Å². The van der Waals surface area contributed by atoms with Crippen LogP contribution in [0.1, 0.15) is 74.0 Å². The van der Waals surface area contributed by atoms with Crippen LogP contribution in [0.15, 0.2) is 12.3 Å². The fraction of sp³-hybridized carbons (Fsp3) is 0.611. The summed E-state index contributed by atoms with van der Waals surface area (Å²) in [7, 11) is 0. The minimum Gasteiger partial charge on any atom is -0.274 e. The molecule has 2 aromatic heterocycles. The number of amides is 1. The lowest BCUT2D eigenvalue weighted by Gasteiger charge is -2.28. The third-order valence-corrected chi connectivity index (χ3v) is 5.18. The predicted molar refractivity (Wildman–Crippen MR) is 92.8 cm³/mol. The molecule has 6 nitrogen and oxygen atoms in total. The first-order chi connectivity index (χ1) is 11.7. The van der Waals surface area contributed by atoms with E-state index in [0.29, 0.717) is 5.92 Å². The third-order valence-electron chi connectivity index (χ3n) is 5.18. The van der Waals surface area contributed by atoms with Crippen LogP contribution in [0.4, 0.5) is 0 Å². The van der Waals surface area contributed by atoms with Crippen LogP contribution < -0.4 is 5.43 Å². The number of fused-ring (bicyclic) bond motifs is 1. The maximum Gasteiger partial charge on any atom is 0.268 e. The Morgan fingerprint density at radius 1 is 1.42 bits per heavy atom. The van der Waals surface area contributed by atoms with Gasteiger partial charge in [0.05, 0.1) is 23.2 Å². The molecule has 3 heterocycles. The number of aromatic nitrogens is 3. The van der Waals surface area contributed by atoms with Gasteiger partial charge in [-0.15, -0.1) is 0 Å². The maximum atomic E-state index is 13.1. The molecule has 0 bridgehead atoms. The van der Waals surface area contributed by atoms with Gasteiger partial charge in [0.1, 0.15) is 0 Å². The molecule has 1 N–H and O–H groups in total. The van der Waals surface area contributed by atoms with Gasteiger partial charge in [0.25, 0.3) is 5.91 Å². The van der Waals surface area contributed by atoms with Gasteiger partial charge in [-0.3, -0.25) is 9.80 Å². The van der Waals surface area contributed by atoms with Crippen LogP contribution >= 0.6 is 0 Å². The van der Waals surface area contributed by atoms with E-state index in [9.17, 15) is 4.79 Å². The molecule has 128 valence electrons. The first-order valence-corrected chi connectivity index (χ1v) is 9.12. The van der Waals surface area contributed by atoms with Crippen LogP contribution in [0.3, 0.4) is 0 Å². The van der Waals surface area contributed by atoms with E-state index in [2.05, 4.69) is 24.4 Å². The zero-order valence-electron chi connectivity index (χ0n) is 14.5. The second-order valence-corrected chi connectivity index (χ2v) is 7.02. The standard InChI is InChI=1S/C18H25N5O/c1-3-12(2)23-17-15(11-20-23)14(10-16(21-17)13-6-7-13)18(24)22-9-5-4-8-19-22/h10-13,19H,3-9H2,1-2H3. The van der Waals surface area contributed by atoms with Gasteiger partial charge in [-0.05, 0) is 45.1 Å².